The van der Waals surface area contributed by atoms with E-state index in [1.54, 1.807) is 11.3 Å². The molecule has 27 heavy (non-hydrogen) atoms. The Balaban J connectivity index is 1.27. The molecule has 0 radical (unpaired) electrons. The van der Waals surface area contributed by atoms with Crippen molar-refractivity contribution in [2.75, 3.05) is 19.7 Å². The van der Waals surface area contributed by atoms with Crippen LogP contribution in [0.1, 0.15) is 23.8 Å². The number of aromatic nitrogens is 1. The Morgan fingerprint density at radius 2 is 1.74 bits per heavy atom. The van der Waals surface area contributed by atoms with Gasteiger partial charge in [-0.2, -0.15) is 0 Å². The third kappa shape index (κ3) is 4.37. The van der Waals surface area contributed by atoms with Gasteiger partial charge in [-0.3, -0.25) is 4.79 Å². The molecule has 4 rings (SSSR count). The van der Waals surface area contributed by atoms with Crippen molar-refractivity contribution in [3.63, 3.8) is 0 Å². The largest absolute Gasteiger partial charge is 0.484 e. The zero-order valence-corrected chi connectivity index (χ0v) is 15.9. The normalized spacial score (nSPS) is 14.9. The van der Waals surface area contributed by atoms with Gasteiger partial charge in [0, 0.05) is 30.6 Å². The van der Waals surface area contributed by atoms with Crippen molar-refractivity contribution in [3.8, 4) is 16.9 Å². The Bertz CT molecular complexity index is 855. The van der Waals surface area contributed by atoms with Gasteiger partial charge in [-0.05, 0) is 36.1 Å². The van der Waals surface area contributed by atoms with Crippen LogP contribution in [0.2, 0.25) is 0 Å². The number of likely N-dealkylation sites (tertiary alicyclic amines) is 1. The molecule has 1 aromatic heterocycles. The molecule has 0 spiro atoms. The number of rotatable bonds is 5. The van der Waals surface area contributed by atoms with E-state index in [-0.39, 0.29) is 12.5 Å². The van der Waals surface area contributed by atoms with Crippen molar-refractivity contribution in [2.45, 2.75) is 18.8 Å². The lowest BCUT2D eigenvalue weighted by Crippen LogP contribution is -2.40. The molecule has 1 saturated heterocycles. The Hall–Kier alpha value is -2.66. The number of piperidine rings is 1. The molecule has 1 aliphatic heterocycles. The quantitative estimate of drug-likeness (QED) is 0.652. The van der Waals surface area contributed by atoms with Crippen LogP contribution in [-0.2, 0) is 4.79 Å². The third-order valence-electron chi connectivity index (χ3n) is 4.97. The molecule has 1 aliphatic rings. The van der Waals surface area contributed by atoms with E-state index in [0.29, 0.717) is 5.92 Å². The third-order valence-corrected chi connectivity index (χ3v) is 5.91. The number of hydrogen-bond acceptors (Lipinski definition) is 4. The molecule has 1 amide bonds. The molecule has 0 aliphatic carbocycles. The Morgan fingerprint density at radius 1 is 1.04 bits per heavy atom. The minimum absolute atomic E-state index is 0.0553. The molecular weight excluding hydrogens is 356 g/mol. The highest BCUT2D eigenvalue weighted by atomic mass is 32.1. The Labute approximate surface area is 163 Å². The van der Waals surface area contributed by atoms with Gasteiger partial charge in [0.15, 0.2) is 6.61 Å². The number of hydrogen-bond donors (Lipinski definition) is 0. The number of amides is 1. The first kappa shape index (κ1) is 17.7. The topological polar surface area (TPSA) is 42.4 Å². The molecule has 0 bridgehead atoms. The molecule has 1 fully saturated rings. The molecule has 2 heterocycles. The van der Waals surface area contributed by atoms with Crippen molar-refractivity contribution in [3.05, 3.63) is 71.2 Å². The molecule has 5 heteroatoms. The van der Waals surface area contributed by atoms with Crippen LogP contribution < -0.4 is 4.74 Å². The van der Waals surface area contributed by atoms with E-state index in [1.807, 2.05) is 58.9 Å². The van der Waals surface area contributed by atoms with Gasteiger partial charge in [0.1, 0.15) is 5.75 Å². The van der Waals surface area contributed by atoms with Crippen molar-refractivity contribution in [1.29, 1.82) is 0 Å². The Morgan fingerprint density at radius 3 is 2.41 bits per heavy atom. The maximum absolute atomic E-state index is 12.4. The smallest absolute Gasteiger partial charge is 0.260 e. The fourth-order valence-electron chi connectivity index (χ4n) is 3.42. The number of carbonyl (C=O) groups excluding carboxylic acids is 1. The average Bonchev–Trinajstić information content (AvgIpc) is 3.28. The van der Waals surface area contributed by atoms with E-state index in [2.05, 4.69) is 17.1 Å². The summed E-state index contributed by atoms with van der Waals surface area (Å²) in [6, 6.07) is 18.1. The van der Waals surface area contributed by atoms with Crippen LogP contribution in [0.15, 0.2) is 66.2 Å². The number of thiazole rings is 1. The van der Waals surface area contributed by atoms with Crippen LogP contribution in [0, 0.1) is 0 Å². The van der Waals surface area contributed by atoms with Crippen molar-refractivity contribution in [2.24, 2.45) is 0 Å². The van der Waals surface area contributed by atoms with E-state index >= 15 is 0 Å². The minimum atomic E-state index is 0.0553. The molecule has 0 N–H and O–H groups in total. The minimum Gasteiger partial charge on any atom is -0.484 e. The summed E-state index contributed by atoms with van der Waals surface area (Å²) in [5.74, 6) is 1.26. The number of benzene rings is 2. The monoisotopic (exact) mass is 378 g/mol. The molecule has 138 valence electrons. The second kappa shape index (κ2) is 8.35. The zero-order valence-electron chi connectivity index (χ0n) is 15.1. The van der Waals surface area contributed by atoms with E-state index in [4.69, 9.17) is 4.74 Å². The van der Waals surface area contributed by atoms with E-state index in [1.165, 1.54) is 10.6 Å². The fourth-order valence-corrected chi connectivity index (χ4v) is 4.23. The van der Waals surface area contributed by atoms with E-state index in [0.717, 1.165) is 37.2 Å². The lowest BCUT2D eigenvalue weighted by molar-refractivity contribution is -0.134. The van der Waals surface area contributed by atoms with Crippen LogP contribution in [-0.4, -0.2) is 35.5 Å². The number of nitrogens with zero attached hydrogens (tertiary/aromatic N) is 2. The molecule has 0 unspecified atom stereocenters. The van der Waals surface area contributed by atoms with Crippen LogP contribution in [0.4, 0.5) is 0 Å². The fraction of sp³-hybridized carbons (Fsp3) is 0.273. The van der Waals surface area contributed by atoms with Crippen LogP contribution in [0.3, 0.4) is 0 Å². The highest BCUT2D eigenvalue weighted by molar-refractivity contribution is 7.09. The lowest BCUT2D eigenvalue weighted by atomic mass is 9.97. The zero-order chi connectivity index (χ0) is 18.5. The van der Waals surface area contributed by atoms with Crippen LogP contribution in [0.25, 0.3) is 11.1 Å². The average molecular weight is 378 g/mol. The molecular formula is C22H22N2O2S. The summed E-state index contributed by atoms with van der Waals surface area (Å²) in [6.45, 7) is 1.64. The summed E-state index contributed by atoms with van der Waals surface area (Å²) in [4.78, 5) is 18.8. The van der Waals surface area contributed by atoms with Crippen molar-refractivity contribution < 1.29 is 9.53 Å². The number of carbonyl (C=O) groups is 1. The summed E-state index contributed by atoms with van der Waals surface area (Å²) >= 11 is 1.71. The summed E-state index contributed by atoms with van der Waals surface area (Å²) in [5.41, 5.74) is 2.31. The van der Waals surface area contributed by atoms with Gasteiger partial charge in [-0.15, -0.1) is 11.3 Å². The first-order chi connectivity index (χ1) is 13.3. The summed E-state index contributed by atoms with van der Waals surface area (Å²) in [7, 11) is 0. The first-order valence-corrected chi connectivity index (χ1v) is 10.1. The molecule has 0 atom stereocenters. The van der Waals surface area contributed by atoms with E-state index < -0.39 is 0 Å². The van der Waals surface area contributed by atoms with Crippen LogP contribution >= 0.6 is 11.3 Å². The summed E-state index contributed by atoms with van der Waals surface area (Å²) in [5, 5.41) is 3.21. The maximum Gasteiger partial charge on any atom is 0.260 e. The van der Waals surface area contributed by atoms with Crippen molar-refractivity contribution in [1.82, 2.24) is 9.88 Å². The highest BCUT2D eigenvalue weighted by Crippen LogP contribution is 2.29. The second-order valence-electron chi connectivity index (χ2n) is 6.70. The van der Waals surface area contributed by atoms with Gasteiger partial charge in [0.05, 0.1) is 5.01 Å². The van der Waals surface area contributed by atoms with Crippen molar-refractivity contribution >= 4 is 17.2 Å². The van der Waals surface area contributed by atoms with Gasteiger partial charge < -0.3 is 9.64 Å². The first-order valence-electron chi connectivity index (χ1n) is 9.25. The molecule has 2 aromatic carbocycles. The second-order valence-corrected chi connectivity index (χ2v) is 7.63. The van der Waals surface area contributed by atoms with E-state index in [9.17, 15) is 4.79 Å². The van der Waals surface area contributed by atoms with Gasteiger partial charge in [0.2, 0.25) is 0 Å². The van der Waals surface area contributed by atoms with Gasteiger partial charge >= 0.3 is 0 Å². The SMILES string of the molecule is O=C(COc1ccc(-c2ccccc2)cc1)N1CCC(c2nccs2)CC1. The van der Waals surface area contributed by atoms with Gasteiger partial charge in [-0.25, -0.2) is 4.98 Å². The molecule has 0 saturated carbocycles. The van der Waals surface area contributed by atoms with Gasteiger partial charge in [0.25, 0.3) is 5.91 Å². The highest BCUT2D eigenvalue weighted by Gasteiger charge is 2.25. The standard InChI is InChI=1S/C22H22N2O2S/c25-21(24-13-10-19(11-14-24)22-23-12-15-27-22)16-26-20-8-6-18(7-9-20)17-4-2-1-3-5-17/h1-9,12,15,19H,10-11,13-14,16H2. The Kier molecular flexibility index (Phi) is 5.49. The summed E-state index contributed by atoms with van der Waals surface area (Å²) in [6.07, 6.45) is 3.81. The molecule has 4 nitrogen and oxygen atoms in total. The maximum atomic E-state index is 12.4. The predicted octanol–water partition coefficient (Wildman–Crippen LogP) is 4.60. The predicted molar refractivity (Wildman–Crippen MR) is 108 cm³/mol. The lowest BCUT2D eigenvalue weighted by Gasteiger charge is -2.31. The van der Waals surface area contributed by atoms with Gasteiger partial charge in [-0.1, -0.05) is 42.5 Å². The summed E-state index contributed by atoms with van der Waals surface area (Å²) < 4.78 is 5.71. The number of ether oxygens (including phenoxy) is 1. The van der Waals surface area contributed by atoms with Crippen LogP contribution in [0.5, 0.6) is 5.75 Å². The molecule has 3 aromatic rings.